The van der Waals surface area contributed by atoms with Crippen molar-refractivity contribution in [3.63, 3.8) is 0 Å². The molecule has 0 spiro atoms. The molecule has 5 nitrogen and oxygen atoms in total. The van der Waals surface area contributed by atoms with Gasteiger partial charge in [0.25, 0.3) is 5.91 Å². The van der Waals surface area contributed by atoms with Gasteiger partial charge < -0.3 is 5.32 Å². The largest absolute Gasteiger partial charge is 0.343 e. The molecular weight excluding hydrogens is 296 g/mol. The number of hydrogen-bond acceptors (Lipinski definition) is 4. The molecule has 0 radical (unpaired) electrons. The summed E-state index contributed by atoms with van der Waals surface area (Å²) >= 11 is 1.65. The molecule has 22 heavy (non-hydrogen) atoms. The van der Waals surface area contributed by atoms with E-state index in [1.165, 1.54) is 5.56 Å². The van der Waals surface area contributed by atoms with Gasteiger partial charge in [-0.05, 0) is 46.5 Å². The topological polar surface area (TPSA) is 59.8 Å². The van der Waals surface area contributed by atoms with Gasteiger partial charge in [0.15, 0.2) is 0 Å². The van der Waals surface area contributed by atoms with Crippen LogP contribution in [-0.2, 0) is 13.5 Å². The summed E-state index contributed by atoms with van der Waals surface area (Å²) in [6.45, 7) is 0. The van der Waals surface area contributed by atoms with Crippen LogP contribution in [0.2, 0.25) is 0 Å². The minimum absolute atomic E-state index is 0.127. The average molecular weight is 312 g/mol. The minimum atomic E-state index is -0.176. The van der Waals surface area contributed by atoms with Crippen molar-refractivity contribution in [1.82, 2.24) is 20.1 Å². The summed E-state index contributed by atoms with van der Waals surface area (Å²) in [7, 11) is 1.79. The molecule has 1 N–H and O–H groups in total. The first-order chi connectivity index (χ1) is 10.7. The second-order valence-electron chi connectivity index (χ2n) is 5.02. The Bertz CT molecular complexity index is 737. The zero-order valence-electron chi connectivity index (χ0n) is 12.1. The number of carbonyl (C=O) groups excluding carboxylic acids is 1. The monoisotopic (exact) mass is 312 g/mol. The van der Waals surface area contributed by atoms with Gasteiger partial charge in [-0.3, -0.25) is 14.5 Å². The van der Waals surface area contributed by atoms with Gasteiger partial charge >= 0.3 is 0 Å². The van der Waals surface area contributed by atoms with E-state index in [4.69, 9.17) is 0 Å². The van der Waals surface area contributed by atoms with Crippen LogP contribution < -0.4 is 5.32 Å². The molecule has 0 saturated carbocycles. The molecule has 0 aliphatic carbocycles. The summed E-state index contributed by atoms with van der Waals surface area (Å²) < 4.78 is 1.62. The summed E-state index contributed by atoms with van der Waals surface area (Å²) in [5, 5.41) is 11.3. The Hall–Kier alpha value is -2.47. The van der Waals surface area contributed by atoms with Crippen molar-refractivity contribution in [3.8, 4) is 0 Å². The summed E-state index contributed by atoms with van der Waals surface area (Å²) in [6.07, 6.45) is 6.00. The number of amides is 1. The van der Waals surface area contributed by atoms with E-state index in [2.05, 4.69) is 26.8 Å². The second kappa shape index (κ2) is 6.53. The molecule has 3 aromatic heterocycles. The molecule has 1 atom stereocenters. The molecular formula is C16H16N4OS. The highest BCUT2D eigenvalue weighted by atomic mass is 32.1. The first kappa shape index (κ1) is 14.5. The molecule has 0 fully saturated rings. The number of aryl methyl sites for hydroxylation is 1. The SMILES string of the molecule is Cn1ccc(C(=O)N[C@H](Cc2ccsc2)c2cccnc2)n1. The predicted octanol–water partition coefficient (Wildman–Crippen LogP) is 2.59. The van der Waals surface area contributed by atoms with Gasteiger partial charge in [0.1, 0.15) is 5.69 Å². The molecule has 6 heteroatoms. The fourth-order valence-corrected chi connectivity index (χ4v) is 2.93. The molecule has 0 aliphatic heterocycles. The van der Waals surface area contributed by atoms with Crippen LogP contribution in [0.4, 0.5) is 0 Å². The highest BCUT2D eigenvalue weighted by Gasteiger charge is 2.18. The summed E-state index contributed by atoms with van der Waals surface area (Å²) in [6, 6.07) is 7.50. The van der Waals surface area contributed by atoms with Crippen LogP contribution in [0, 0.1) is 0 Å². The van der Waals surface area contributed by atoms with Crippen molar-refractivity contribution in [2.45, 2.75) is 12.5 Å². The van der Waals surface area contributed by atoms with E-state index < -0.39 is 0 Å². The molecule has 0 saturated heterocycles. The van der Waals surface area contributed by atoms with Crippen molar-refractivity contribution in [3.05, 3.63) is 70.4 Å². The Morgan fingerprint density at radius 1 is 1.41 bits per heavy atom. The highest BCUT2D eigenvalue weighted by Crippen LogP contribution is 2.19. The van der Waals surface area contributed by atoms with E-state index in [9.17, 15) is 4.79 Å². The number of rotatable bonds is 5. The standard InChI is InChI=1S/C16H16N4OS/c1-20-7-4-14(19-20)16(21)18-15(9-12-5-8-22-11-12)13-3-2-6-17-10-13/h2-8,10-11,15H,9H2,1H3,(H,18,21)/t15-/m1/s1. The van der Waals surface area contributed by atoms with Crippen molar-refractivity contribution >= 4 is 17.2 Å². The normalized spacial score (nSPS) is 12.0. The first-order valence-electron chi connectivity index (χ1n) is 6.94. The van der Waals surface area contributed by atoms with Crippen molar-refractivity contribution in [1.29, 1.82) is 0 Å². The molecule has 0 aliphatic rings. The maximum Gasteiger partial charge on any atom is 0.272 e. The van der Waals surface area contributed by atoms with Gasteiger partial charge in [-0.15, -0.1) is 0 Å². The zero-order valence-corrected chi connectivity index (χ0v) is 13.0. The third-order valence-electron chi connectivity index (χ3n) is 3.36. The van der Waals surface area contributed by atoms with E-state index in [1.54, 1.807) is 47.7 Å². The number of aromatic nitrogens is 3. The predicted molar refractivity (Wildman–Crippen MR) is 85.7 cm³/mol. The van der Waals surface area contributed by atoms with Crippen LogP contribution in [0.15, 0.2) is 53.6 Å². The highest BCUT2D eigenvalue weighted by molar-refractivity contribution is 7.07. The van der Waals surface area contributed by atoms with Crippen LogP contribution in [0.25, 0.3) is 0 Å². The number of carbonyl (C=O) groups is 1. The van der Waals surface area contributed by atoms with E-state index in [1.807, 2.05) is 17.5 Å². The lowest BCUT2D eigenvalue weighted by Crippen LogP contribution is -2.30. The Labute approximate surface area is 132 Å². The molecule has 0 aromatic carbocycles. The third-order valence-corrected chi connectivity index (χ3v) is 4.09. The Balaban J connectivity index is 1.80. The Morgan fingerprint density at radius 2 is 2.32 bits per heavy atom. The molecule has 0 bridgehead atoms. The van der Waals surface area contributed by atoms with Crippen molar-refractivity contribution < 1.29 is 4.79 Å². The lowest BCUT2D eigenvalue weighted by molar-refractivity contribution is 0.0930. The number of nitrogens with zero attached hydrogens (tertiary/aromatic N) is 3. The van der Waals surface area contributed by atoms with Gasteiger partial charge in [0.2, 0.25) is 0 Å². The summed E-state index contributed by atoms with van der Waals surface area (Å²) in [5.74, 6) is -0.176. The number of thiophene rings is 1. The number of hydrogen-bond donors (Lipinski definition) is 1. The summed E-state index contributed by atoms with van der Waals surface area (Å²) in [5.41, 5.74) is 2.60. The third kappa shape index (κ3) is 3.40. The molecule has 3 heterocycles. The Kier molecular flexibility index (Phi) is 4.29. The van der Waals surface area contributed by atoms with Crippen molar-refractivity contribution in [2.24, 2.45) is 7.05 Å². The maximum absolute atomic E-state index is 12.4. The molecule has 0 unspecified atom stereocenters. The van der Waals surface area contributed by atoms with E-state index in [0.29, 0.717) is 5.69 Å². The smallest absolute Gasteiger partial charge is 0.272 e. The second-order valence-corrected chi connectivity index (χ2v) is 5.80. The van der Waals surface area contributed by atoms with E-state index in [0.717, 1.165) is 12.0 Å². The van der Waals surface area contributed by atoms with Crippen LogP contribution >= 0.6 is 11.3 Å². The fraction of sp³-hybridized carbons (Fsp3) is 0.188. The molecule has 112 valence electrons. The van der Waals surface area contributed by atoms with Gasteiger partial charge in [-0.2, -0.15) is 16.4 Å². The van der Waals surface area contributed by atoms with Gasteiger partial charge in [-0.25, -0.2) is 0 Å². The van der Waals surface area contributed by atoms with Gasteiger partial charge in [0.05, 0.1) is 6.04 Å². The van der Waals surface area contributed by atoms with E-state index >= 15 is 0 Å². The van der Waals surface area contributed by atoms with E-state index in [-0.39, 0.29) is 11.9 Å². The van der Waals surface area contributed by atoms with Crippen LogP contribution in [0.1, 0.15) is 27.7 Å². The van der Waals surface area contributed by atoms with Gasteiger partial charge in [0, 0.05) is 25.6 Å². The number of pyridine rings is 1. The number of nitrogens with one attached hydrogen (secondary N) is 1. The quantitative estimate of drug-likeness (QED) is 0.788. The average Bonchev–Trinajstić information content (AvgIpc) is 3.19. The lowest BCUT2D eigenvalue weighted by Gasteiger charge is -2.18. The Morgan fingerprint density at radius 3 is 2.95 bits per heavy atom. The fourth-order valence-electron chi connectivity index (χ4n) is 2.25. The van der Waals surface area contributed by atoms with Crippen LogP contribution in [0.3, 0.4) is 0 Å². The minimum Gasteiger partial charge on any atom is -0.343 e. The maximum atomic E-state index is 12.4. The summed E-state index contributed by atoms with van der Waals surface area (Å²) in [4.78, 5) is 16.5. The van der Waals surface area contributed by atoms with Crippen molar-refractivity contribution in [2.75, 3.05) is 0 Å². The molecule has 3 rings (SSSR count). The van der Waals surface area contributed by atoms with Crippen LogP contribution in [0.5, 0.6) is 0 Å². The van der Waals surface area contributed by atoms with Gasteiger partial charge in [-0.1, -0.05) is 6.07 Å². The zero-order chi connectivity index (χ0) is 15.4. The lowest BCUT2D eigenvalue weighted by atomic mass is 10.0. The molecule has 1 amide bonds. The van der Waals surface area contributed by atoms with Crippen LogP contribution in [-0.4, -0.2) is 20.7 Å². The molecule has 3 aromatic rings. The first-order valence-corrected chi connectivity index (χ1v) is 7.88.